The molecule has 18 heavy (non-hydrogen) atoms. The second-order valence-corrected chi connectivity index (χ2v) is 6.61. The van der Waals surface area contributed by atoms with E-state index >= 15 is 0 Å². The van der Waals surface area contributed by atoms with E-state index in [1.54, 1.807) is 11.3 Å². The molecule has 0 N–H and O–H groups in total. The summed E-state index contributed by atoms with van der Waals surface area (Å²) in [4.78, 5) is 11.4. The molecule has 2 nitrogen and oxygen atoms in total. The molecule has 0 amide bonds. The third-order valence-corrected chi connectivity index (χ3v) is 5.39. The zero-order valence-electron chi connectivity index (χ0n) is 10.2. The monoisotopic (exact) mass is 300 g/mol. The van der Waals surface area contributed by atoms with Crippen molar-refractivity contribution in [2.45, 2.75) is 44.4 Å². The summed E-state index contributed by atoms with van der Waals surface area (Å²) < 4.78 is 0. The third kappa shape index (κ3) is 2.02. The minimum Gasteiger partial charge on any atom is -0.220 e. The van der Waals surface area contributed by atoms with E-state index in [1.807, 2.05) is 6.92 Å². The molecule has 2 aromatic rings. The molecule has 1 unspecified atom stereocenters. The fraction of sp³-hybridized carbons (Fsp3) is 0.538. The van der Waals surface area contributed by atoms with E-state index in [0.717, 1.165) is 29.5 Å². The fourth-order valence-electron chi connectivity index (χ4n) is 2.45. The average Bonchev–Trinajstić information content (AvgIpc) is 2.76. The van der Waals surface area contributed by atoms with Crippen LogP contribution in [0.5, 0.6) is 0 Å². The van der Waals surface area contributed by atoms with Gasteiger partial charge in [-0.05, 0) is 37.7 Å². The second-order valence-electron chi connectivity index (χ2n) is 4.64. The van der Waals surface area contributed by atoms with Crippen molar-refractivity contribution in [3.8, 4) is 0 Å². The number of nitrogens with zero attached hydrogens (tertiary/aromatic N) is 2. The molecule has 0 spiro atoms. The van der Waals surface area contributed by atoms with E-state index in [9.17, 15) is 0 Å². The lowest BCUT2D eigenvalue weighted by atomic mass is 9.97. The van der Waals surface area contributed by atoms with E-state index in [4.69, 9.17) is 23.2 Å². The molecule has 0 aliphatic heterocycles. The van der Waals surface area contributed by atoms with Crippen LogP contribution in [0.3, 0.4) is 0 Å². The Hall–Kier alpha value is -0.380. The highest BCUT2D eigenvalue weighted by atomic mass is 35.5. The highest BCUT2D eigenvalue weighted by molar-refractivity contribution is 7.19. The number of hydrogen-bond donors (Lipinski definition) is 0. The molecule has 0 saturated heterocycles. The van der Waals surface area contributed by atoms with Crippen LogP contribution in [0.25, 0.3) is 10.2 Å². The van der Waals surface area contributed by atoms with Crippen LogP contribution in [0.2, 0.25) is 5.15 Å². The van der Waals surface area contributed by atoms with Gasteiger partial charge in [-0.15, -0.1) is 22.9 Å². The Morgan fingerprint density at radius 3 is 2.83 bits per heavy atom. The number of fused-ring (bicyclic) bond motifs is 3. The molecule has 0 bridgehead atoms. The van der Waals surface area contributed by atoms with E-state index in [2.05, 4.69) is 9.97 Å². The number of hydrogen-bond acceptors (Lipinski definition) is 3. The van der Waals surface area contributed by atoms with Gasteiger partial charge in [0.2, 0.25) is 0 Å². The van der Waals surface area contributed by atoms with E-state index in [0.29, 0.717) is 11.0 Å². The number of alkyl halides is 1. The highest BCUT2D eigenvalue weighted by Gasteiger charge is 2.21. The Bertz CT molecular complexity index is 594. The van der Waals surface area contributed by atoms with Gasteiger partial charge in [-0.1, -0.05) is 18.5 Å². The fourth-order valence-corrected chi connectivity index (χ4v) is 4.16. The summed E-state index contributed by atoms with van der Waals surface area (Å²) in [6.07, 6.45) is 5.58. The van der Waals surface area contributed by atoms with Gasteiger partial charge in [-0.25, -0.2) is 9.97 Å². The molecular weight excluding hydrogens is 287 g/mol. The minimum atomic E-state index is -0.147. The summed E-state index contributed by atoms with van der Waals surface area (Å²) >= 11 is 14.3. The first-order chi connectivity index (χ1) is 8.70. The van der Waals surface area contributed by atoms with Crippen LogP contribution in [-0.2, 0) is 12.8 Å². The summed E-state index contributed by atoms with van der Waals surface area (Å²) in [6, 6.07) is 0. The smallest absolute Gasteiger partial charge is 0.149 e. The molecular formula is C13H14Cl2N2S. The van der Waals surface area contributed by atoms with Gasteiger partial charge in [0.15, 0.2) is 0 Å². The van der Waals surface area contributed by atoms with Crippen molar-refractivity contribution in [2.75, 3.05) is 0 Å². The maximum atomic E-state index is 6.34. The van der Waals surface area contributed by atoms with Crippen molar-refractivity contribution < 1.29 is 0 Å². The Balaban J connectivity index is 2.20. The molecule has 5 heteroatoms. The normalized spacial score (nSPS) is 16.8. The summed E-state index contributed by atoms with van der Waals surface area (Å²) in [5.41, 5.74) is 1.38. The number of aromatic nitrogens is 2. The summed E-state index contributed by atoms with van der Waals surface area (Å²) in [6.45, 7) is 2.03. The molecule has 2 aromatic heterocycles. The highest BCUT2D eigenvalue weighted by Crippen LogP contribution is 2.39. The predicted molar refractivity (Wildman–Crippen MR) is 78.0 cm³/mol. The van der Waals surface area contributed by atoms with Gasteiger partial charge in [0.25, 0.3) is 0 Å². The SMILES string of the molecule is CCC(Cl)c1nc(Cl)c2c3c(sc2n1)CCCC3. The van der Waals surface area contributed by atoms with Crippen LogP contribution in [0.15, 0.2) is 0 Å². The van der Waals surface area contributed by atoms with E-state index < -0.39 is 0 Å². The third-order valence-electron chi connectivity index (χ3n) is 3.43. The molecule has 0 aromatic carbocycles. The van der Waals surface area contributed by atoms with Crippen molar-refractivity contribution in [1.29, 1.82) is 0 Å². The van der Waals surface area contributed by atoms with E-state index in [1.165, 1.54) is 23.3 Å². The molecule has 0 radical (unpaired) electrons. The Morgan fingerprint density at radius 1 is 1.28 bits per heavy atom. The molecule has 0 saturated carbocycles. The number of thiophene rings is 1. The molecule has 1 aliphatic rings. The molecule has 2 heterocycles. The zero-order valence-corrected chi connectivity index (χ0v) is 12.5. The molecule has 0 fully saturated rings. The summed E-state index contributed by atoms with van der Waals surface area (Å²) in [7, 11) is 0. The van der Waals surface area contributed by atoms with Crippen molar-refractivity contribution in [1.82, 2.24) is 9.97 Å². The molecule has 3 rings (SSSR count). The van der Waals surface area contributed by atoms with Gasteiger partial charge in [0.05, 0.1) is 10.8 Å². The van der Waals surface area contributed by atoms with Crippen LogP contribution in [0.4, 0.5) is 0 Å². The Labute approximate surface area is 120 Å². The average molecular weight is 301 g/mol. The van der Waals surface area contributed by atoms with Gasteiger partial charge < -0.3 is 0 Å². The number of halogens is 2. The lowest BCUT2D eigenvalue weighted by Gasteiger charge is -2.10. The van der Waals surface area contributed by atoms with Crippen molar-refractivity contribution in [2.24, 2.45) is 0 Å². The minimum absolute atomic E-state index is 0.147. The summed E-state index contributed by atoms with van der Waals surface area (Å²) in [5, 5.41) is 1.50. The Kier molecular flexibility index (Phi) is 3.48. The first-order valence-corrected chi connectivity index (χ1v) is 7.95. The maximum absolute atomic E-state index is 6.34. The quantitative estimate of drug-likeness (QED) is 0.581. The van der Waals surface area contributed by atoms with Gasteiger partial charge in [0, 0.05) is 4.88 Å². The predicted octanol–water partition coefficient (Wildman–Crippen LogP) is 4.91. The zero-order chi connectivity index (χ0) is 12.7. The van der Waals surface area contributed by atoms with E-state index in [-0.39, 0.29) is 5.38 Å². The van der Waals surface area contributed by atoms with Crippen molar-refractivity contribution in [3.63, 3.8) is 0 Å². The first-order valence-electron chi connectivity index (χ1n) is 6.32. The topological polar surface area (TPSA) is 25.8 Å². The number of rotatable bonds is 2. The van der Waals surface area contributed by atoms with Crippen LogP contribution in [-0.4, -0.2) is 9.97 Å². The van der Waals surface area contributed by atoms with Crippen LogP contribution in [0.1, 0.15) is 47.8 Å². The van der Waals surface area contributed by atoms with Gasteiger partial charge in [-0.3, -0.25) is 0 Å². The first kappa shape index (κ1) is 12.6. The maximum Gasteiger partial charge on any atom is 0.149 e. The van der Waals surface area contributed by atoms with Crippen molar-refractivity contribution in [3.05, 3.63) is 21.4 Å². The van der Waals surface area contributed by atoms with Crippen molar-refractivity contribution >= 4 is 44.8 Å². The molecule has 1 aliphatic carbocycles. The molecule has 1 atom stereocenters. The van der Waals surface area contributed by atoms with Gasteiger partial charge in [-0.2, -0.15) is 0 Å². The number of aryl methyl sites for hydroxylation is 2. The van der Waals surface area contributed by atoms with Crippen LogP contribution < -0.4 is 0 Å². The van der Waals surface area contributed by atoms with Crippen LogP contribution in [0, 0.1) is 0 Å². The van der Waals surface area contributed by atoms with Crippen LogP contribution >= 0.6 is 34.5 Å². The molecule has 96 valence electrons. The lowest BCUT2D eigenvalue weighted by Crippen LogP contribution is -2.00. The largest absolute Gasteiger partial charge is 0.220 e. The van der Waals surface area contributed by atoms with Gasteiger partial charge in [0.1, 0.15) is 15.8 Å². The standard InChI is InChI=1S/C13H14Cl2N2S/c1-2-8(14)12-16-11(15)10-7-5-3-4-6-9(7)18-13(10)17-12/h8H,2-6H2,1H3. The lowest BCUT2D eigenvalue weighted by molar-refractivity contribution is 0.700. The summed E-state index contributed by atoms with van der Waals surface area (Å²) in [5.74, 6) is 0.662. The van der Waals surface area contributed by atoms with Gasteiger partial charge >= 0.3 is 0 Å². The Morgan fingerprint density at radius 2 is 2.06 bits per heavy atom. The second kappa shape index (κ2) is 4.95.